The van der Waals surface area contributed by atoms with Crippen LogP contribution >= 0.6 is 11.8 Å². The summed E-state index contributed by atoms with van der Waals surface area (Å²) in [5.41, 5.74) is 0.987. The number of halogens is 3. The van der Waals surface area contributed by atoms with Crippen LogP contribution in [-0.2, 0) is 15.7 Å². The molecule has 0 radical (unpaired) electrons. The van der Waals surface area contributed by atoms with Gasteiger partial charge in [0.1, 0.15) is 0 Å². The predicted octanol–water partition coefficient (Wildman–Crippen LogP) is 6.04. The first-order chi connectivity index (χ1) is 17.2. The van der Waals surface area contributed by atoms with E-state index in [4.69, 9.17) is 4.74 Å². The maximum absolute atomic E-state index is 13.2. The van der Waals surface area contributed by atoms with Crippen molar-refractivity contribution >= 4 is 40.3 Å². The van der Waals surface area contributed by atoms with E-state index < -0.39 is 29.8 Å². The number of esters is 1. The highest BCUT2D eigenvalue weighted by atomic mass is 32.2. The molecule has 190 valence electrons. The van der Waals surface area contributed by atoms with Gasteiger partial charge in [0, 0.05) is 18.0 Å². The number of hydrogen-bond acceptors (Lipinski definition) is 6. The fraction of sp³-hybridized carbons (Fsp3) is 0.320. The number of allylic oxidation sites excluding steroid dienone is 1. The first-order valence-electron chi connectivity index (χ1n) is 11.4. The van der Waals surface area contributed by atoms with Crippen LogP contribution in [0.4, 0.5) is 29.3 Å². The first kappa shape index (κ1) is 25.6. The monoisotopic (exact) mass is 518 g/mol. The topological polar surface area (TPSA) is 83.0 Å². The standard InChI is InChI=1S/C25H25F3N4O3S/c1-3-35-22(33)20-15(2)29-24-32(13-6-14-36-24)21(20)16-9-11-17(12-10-16)30-23(34)31-19-8-5-4-7-18(19)25(26,27)28/h4-5,7-12,21H,3,6,13-14H2,1-2H3,(H2,30,31,34). The van der Waals surface area contributed by atoms with Crippen LogP contribution in [0.5, 0.6) is 0 Å². The third kappa shape index (κ3) is 5.51. The minimum atomic E-state index is -4.59. The molecule has 1 saturated heterocycles. The number of alkyl halides is 3. The van der Waals surface area contributed by atoms with Crippen molar-refractivity contribution in [3.63, 3.8) is 0 Å². The van der Waals surface area contributed by atoms with Gasteiger partial charge in [0.05, 0.1) is 35.2 Å². The summed E-state index contributed by atoms with van der Waals surface area (Å²) in [5, 5.41) is 5.66. The van der Waals surface area contributed by atoms with Gasteiger partial charge in [0.2, 0.25) is 0 Å². The SMILES string of the molecule is CCOC(=O)C1=C(C)N=C2SCCCN2C1c1ccc(NC(=O)Nc2ccccc2C(F)(F)F)cc1. The number of amides is 2. The number of nitrogens with one attached hydrogen (secondary N) is 2. The van der Waals surface area contributed by atoms with Gasteiger partial charge >= 0.3 is 18.2 Å². The Kier molecular flexibility index (Phi) is 7.58. The number of nitrogens with zero attached hydrogens (tertiary/aromatic N) is 2. The predicted molar refractivity (Wildman–Crippen MR) is 134 cm³/mol. The van der Waals surface area contributed by atoms with Crippen molar-refractivity contribution in [1.82, 2.24) is 4.90 Å². The molecule has 2 aliphatic heterocycles. The normalized spacial score (nSPS) is 17.8. The van der Waals surface area contributed by atoms with E-state index >= 15 is 0 Å². The Morgan fingerprint density at radius 2 is 1.86 bits per heavy atom. The Bertz CT molecular complexity index is 1210. The van der Waals surface area contributed by atoms with Crippen molar-refractivity contribution in [3.8, 4) is 0 Å². The average Bonchev–Trinajstić information content (AvgIpc) is 2.83. The van der Waals surface area contributed by atoms with E-state index in [2.05, 4.69) is 20.5 Å². The van der Waals surface area contributed by atoms with Crippen molar-refractivity contribution in [1.29, 1.82) is 0 Å². The number of ether oxygens (including phenoxy) is 1. The van der Waals surface area contributed by atoms with Gasteiger partial charge in [-0.3, -0.25) is 0 Å². The van der Waals surface area contributed by atoms with Crippen LogP contribution in [0.25, 0.3) is 0 Å². The molecule has 0 aromatic heterocycles. The number of hydrogen-bond donors (Lipinski definition) is 2. The Balaban J connectivity index is 1.54. The van der Waals surface area contributed by atoms with E-state index in [1.807, 2.05) is 0 Å². The summed E-state index contributed by atoms with van der Waals surface area (Å²) in [6.45, 7) is 4.50. The van der Waals surface area contributed by atoms with Crippen molar-refractivity contribution in [2.45, 2.75) is 32.5 Å². The van der Waals surface area contributed by atoms with E-state index in [-0.39, 0.29) is 12.3 Å². The summed E-state index contributed by atoms with van der Waals surface area (Å²) >= 11 is 1.64. The molecule has 36 heavy (non-hydrogen) atoms. The number of para-hydroxylation sites is 1. The third-order valence-corrected chi connectivity index (χ3v) is 6.80. The maximum Gasteiger partial charge on any atom is 0.418 e. The van der Waals surface area contributed by atoms with Crippen LogP contribution in [-0.4, -0.2) is 41.0 Å². The summed E-state index contributed by atoms with van der Waals surface area (Å²) in [6.07, 6.45) is -3.66. The van der Waals surface area contributed by atoms with Gasteiger partial charge in [-0.05, 0) is 50.1 Å². The number of anilines is 2. The highest BCUT2D eigenvalue weighted by molar-refractivity contribution is 8.13. The van der Waals surface area contributed by atoms with Crippen molar-refractivity contribution < 1.29 is 27.5 Å². The minimum absolute atomic E-state index is 0.239. The summed E-state index contributed by atoms with van der Waals surface area (Å²) in [4.78, 5) is 31.9. The summed E-state index contributed by atoms with van der Waals surface area (Å²) in [6, 6.07) is 10.4. The Morgan fingerprint density at radius 3 is 2.56 bits per heavy atom. The Hall–Kier alpha value is -3.47. The molecule has 0 spiro atoms. The van der Waals surface area contributed by atoms with Gasteiger partial charge in [-0.2, -0.15) is 13.2 Å². The average molecular weight is 519 g/mol. The van der Waals surface area contributed by atoms with Gasteiger partial charge < -0.3 is 20.3 Å². The molecular formula is C25H25F3N4O3S. The number of urea groups is 1. The molecule has 2 aromatic rings. The molecule has 0 bridgehead atoms. The molecule has 4 rings (SSSR count). The van der Waals surface area contributed by atoms with Crippen LogP contribution in [0, 0.1) is 0 Å². The van der Waals surface area contributed by atoms with Gasteiger partial charge in [-0.25, -0.2) is 14.6 Å². The Morgan fingerprint density at radius 1 is 1.14 bits per heavy atom. The molecule has 1 unspecified atom stereocenters. The third-order valence-electron chi connectivity index (χ3n) is 5.72. The lowest BCUT2D eigenvalue weighted by Crippen LogP contribution is -2.42. The minimum Gasteiger partial charge on any atom is -0.463 e. The quantitative estimate of drug-likeness (QED) is 0.472. The molecule has 2 heterocycles. The summed E-state index contributed by atoms with van der Waals surface area (Å²) < 4.78 is 44.9. The molecule has 2 aromatic carbocycles. The van der Waals surface area contributed by atoms with Crippen LogP contribution in [0.2, 0.25) is 0 Å². The number of carbonyl (C=O) groups is 2. The molecule has 2 amide bonds. The van der Waals surface area contributed by atoms with Gasteiger partial charge in [0.25, 0.3) is 0 Å². The van der Waals surface area contributed by atoms with Crippen LogP contribution < -0.4 is 10.6 Å². The number of benzene rings is 2. The fourth-order valence-corrected chi connectivity index (χ4v) is 5.18. The molecule has 1 atom stereocenters. The van der Waals surface area contributed by atoms with Crippen LogP contribution in [0.1, 0.15) is 37.4 Å². The number of fused-ring (bicyclic) bond motifs is 1. The van der Waals surface area contributed by atoms with Crippen molar-refractivity contribution in [2.24, 2.45) is 4.99 Å². The second kappa shape index (κ2) is 10.7. The zero-order valence-electron chi connectivity index (χ0n) is 19.7. The zero-order chi connectivity index (χ0) is 25.9. The highest BCUT2D eigenvalue weighted by Gasteiger charge is 2.38. The van der Waals surface area contributed by atoms with Crippen LogP contribution in [0.3, 0.4) is 0 Å². The zero-order valence-corrected chi connectivity index (χ0v) is 20.5. The molecule has 1 fully saturated rings. The second-order valence-corrected chi connectivity index (χ2v) is 9.22. The van der Waals surface area contributed by atoms with E-state index in [1.165, 1.54) is 18.2 Å². The number of rotatable bonds is 5. The number of aliphatic imine (C=N–C) groups is 1. The number of thioether (sulfide) groups is 1. The van der Waals surface area contributed by atoms with E-state index in [9.17, 15) is 22.8 Å². The first-order valence-corrected chi connectivity index (χ1v) is 12.4. The second-order valence-electron chi connectivity index (χ2n) is 8.16. The molecule has 0 saturated carbocycles. The van der Waals surface area contributed by atoms with E-state index in [1.54, 1.807) is 49.9 Å². The molecule has 0 aliphatic carbocycles. The molecule has 11 heteroatoms. The maximum atomic E-state index is 13.2. The molecule has 2 N–H and O–H groups in total. The fourth-order valence-electron chi connectivity index (χ4n) is 4.16. The smallest absolute Gasteiger partial charge is 0.418 e. The molecular weight excluding hydrogens is 493 g/mol. The number of amidine groups is 1. The lowest BCUT2D eigenvalue weighted by Gasteiger charge is -2.40. The van der Waals surface area contributed by atoms with Crippen molar-refractivity contribution in [2.75, 3.05) is 29.5 Å². The molecule has 7 nitrogen and oxygen atoms in total. The van der Waals surface area contributed by atoms with Crippen LogP contribution in [0.15, 0.2) is 64.8 Å². The van der Waals surface area contributed by atoms with Crippen molar-refractivity contribution in [3.05, 3.63) is 70.9 Å². The lowest BCUT2D eigenvalue weighted by molar-refractivity contribution is -0.139. The summed E-state index contributed by atoms with van der Waals surface area (Å²) in [7, 11) is 0. The lowest BCUT2D eigenvalue weighted by atomic mass is 9.94. The Labute approximate surface area is 210 Å². The highest BCUT2D eigenvalue weighted by Crippen LogP contribution is 2.40. The van der Waals surface area contributed by atoms with Gasteiger partial charge in [-0.1, -0.05) is 36.0 Å². The summed E-state index contributed by atoms with van der Waals surface area (Å²) in [5.74, 6) is 0.516. The van der Waals surface area contributed by atoms with E-state index in [0.717, 1.165) is 35.5 Å². The van der Waals surface area contributed by atoms with E-state index in [0.29, 0.717) is 17.0 Å². The van der Waals surface area contributed by atoms with Gasteiger partial charge in [0.15, 0.2) is 5.17 Å². The molecule has 2 aliphatic rings. The number of carbonyl (C=O) groups excluding carboxylic acids is 2. The largest absolute Gasteiger partial charge is 0.463 e. The van der Waals surface area contributed by atoms with Gasteiger partial charge in [-0.15, -0.1) is 0 Å².